The number of hydrogen-bond donors (Lipinski definition) is 1. The summed E-state index contributed by atoms with van der Waals surface area (Å²) < 4.78 is 2.19. The van der Waals surface area contributed by atoms with Gasteiger partial charge in [0.2, 0.25) is 0 Å². The van der Waals surface area contributed by atoms with Crippen LogP contribution in [0.25, 0.3) is 4.96 Å². The summed E-state index contributed by atoms with van der Waals surface area (Å²) in [7, 11) is 2.17. The minimum absolute atomic E-state index is 0.621. The van der Waals surface area contributed by atoms with E-state index in [1.165, 1.54) is 23.6 Å². The Labute approximate surface area is 115 Å². The summed E-state index contributed by atoms with van der Waals surface area (Å²) in [6.45, 7) is 0.671. The molecule has 1 fully saturated rings. The first kappa shape index (κ1) is 12.3. The molecule has 2 N–H and O–H groups in total. The molecule has 3 heterocycles. The second kappa shape index (κ2) is 5.11. The fraction of sp³-hybridized carbons (Fsp3) is 0.583. The molecule has 0 amide bonds. The summed E-state index contributed by atoms with van der Waals surface area (Å²) in [5, 5.41) is 2.08. The Morgan fingerprint density at radius 2 is 2.50 bits per heavy atom. The van der Waals surface area contributed by atoms with Crippen LogP contribution in [0.15, 0.2) is 11.6 Å². The third kappa shape index (κ3) is 2.02. The molecule has 1 aliphatic rings. The number of rotatable bonds is 4. The Morgan fingerprint density at radius 3 is 3.22 bits per heavy atom. The van der Waals surface area contributed by atoms with Crippen LogP contribution in [0.2, 0.25) is 0 Å². The number of fused-ring (bicyclic) bond motifs is 1. The van der Waals surface area contributed by atoms with E-state index in [0.717, 1.165) is 17.2 Å². The smallest absolute Gasteiger partial charge is 0.195 e. The number of imidazole rings is 1. The van der Waals surface area contributed by atoms with E-state index in [4.69, 9.17) is 10.7 Å². The summed E-state index contributed by atoms with van der Waals surface area (Å²) in [6, 6.07) is 0.621. The maximum Gasteiger partial charge on any atom is 0.195 e. The van der Waals surface area contributed by atoms with Crippen molar-refractivity contribution in [1.29, 1.82) is 0 Å². The van der Waals surface area contributed by atoms with E-state index < -0.39 is 0 Å². The Morgan fingerprint density at radius 1 is 1.61 bits per heavy atom. The summed E-state index contributed by atoms with van der Waals surface area (Å²) in [4.78, 5) is 8.21. The molecule has 3 rings (SSSR count). The predicted molar refractivity (Wildman–Crippen MR) is 80.0 cm³/mol. The van der Waals surface area contributed by atoms with Crippen molar-refractivity contribution in [2.75, 3.05) is 30.0 Å². The number of hydrogen-bond acceptors (Lipinski definition) is 5. The van der Waals surface area contributed by atoms with E-state index >= 15 is 0 Å². The van der Waals surface area contributed by atoms with Crippen LogP contribution in [0.3, 0.4) is 0 Å². The van der Waals surface area contributed by atoms with E-state index in [1.807, 2.05) is 11.8 Å². The molecular weight excluding hydrogens is 264 g/mol. The highest BCUT2D eigenvalue weighted by molar-refractivity contribution is 7.99. The molecule has 2 aromatic heterocycles. The highest BCUT2D eigenvalue weighted by Crippen LogP contribution is 2.29. The Kier molecular flexibility index (Phi) is 3.50. The maximum absolute atomic E-state index is 5.74. The van der Waals surface area contributed by atoms with Gasteiger partial charge in [-0.1, -0.05) is 0 Å². The van der Waals surface area contributed by atoms with Crippen molar-refractivity contribution in [3.8, 4) is 0 Å². The Hall–Kier alpha value is -0.720. The van der Waals surface area contributed by atoms with E-state index in [1.54, 1.807) is 11.3 Å². The highest BCUT2D eigenvalue weighted by Gasteiger charge is 2.25. The van der Waals surface area contributed by atoms with Crippen LogP contribution in [0, 0.1) is 0 Å². The molecular formula is C12H18N4S2. The van der Waals surface area contributed by atoms with Crippen LogP contribution < -0.4 is 10.6 Å². The maximum atomic E-state index is 5.74. The zero-order chi connectivity index (χ0) is 12.5. The Bertz CT molecular complexity index is 527. The molecule has 1 atom stereocenters. The van der Waals surface area contributed by atoms with Crippen molar-refractivity contribution in [2.45, 2.75) is 18.9 Å². The van der Waals surface area contributed by atoms with Gasteiger partial charge in [0.25, 0.3) is 0 Å². The summed E-state index contributed by atoms with van der Waals surface area (Å²) in [5.74, 6) is 3.60. The molecule has 0 bridgehead atoms. The first-order valence-corrected chi connectivity index (χ1v) is 8.29. The van der Waals surface area contributed by atoms with Crippen molar-refractivity contribution in [3.05, 3.63) is 17.3 Å². The van der Waals surface area contributed by atoms with Crippen molar-refractivity contribution < 1.29 is 0 Å². The SMILES string of the molecule is CN(c1nc2sccn2c1CCN)C1CCSC1. The van der Waals surface area contributed by atoms with Gasteiger partial charge in [-0.25, -0.2) is 4.98 Å². The van der Waals surface area contributed by atoms with Crippen molar-refractivity contribution >= 4 is 33.9 Å². The van der Waals surface area contributed by atoms with Crippen molar-refractivity contribution in [2.24, 2.45) is 5.73 Å². The second-order valence-electron chi connectivity index (χ2n) is 4.60. The number of thioether (sulfide) groups is 1. The van der Waals surface area contributed by atoms with Crippen LogP contribution in [-0.2, 0) is 6.42 Å². The molecule has 0 saturated carbocycles. The lowest BCUT2D eigenvalue weighted by molar-refractivity contribution is 0.688. The predicted octanol–water partition coefficient (Wildman–Crippen LogP) is 1.84. The van der Waals surface area contributed by atoms with Gasteiger partial charge in [-0.15, -0.1) is 11.3 Å². The normalized spacial score (nSPS) is 19.8. The van der Waals surface area contributed by atoms with Gasteiger partial charge in [0.15, 0.2) is 10.8 Å². The minimum Gasteiger partial charge on any atom is -0.354 e. The zero-order valence-electron chi connectivity index (χ0n) is 10.5. The van der Waals surface area contributed by atoms with Gasteiger partial charge in [0, 0.05) is 36.8 Å². The molecule has 0 spiro atoms. The summed E-state index contributed by atoms with van der Waals surface area (Å²) in [6.07, 6.45) is 4.24. The lowest BCUT2D eigenvalue weighted by Gasteiger charge is -2.24. The topological polar surface area (TPSA) is 46.6 Å². The van der Waals surface area contributed by atoms with E-state index in [2.05, 4.69) is 27.9 Å². The first-order valence-electron chi connectivity index (χ1n) is 6.26. The van der Waals surface area contributed by atoms with Crippen LogP contribution >= 0.6 is 23.1 Å². The fourth-order valence-electron chi connectivity index (χ4n) is 2.47. The largest absolute Gasteiger partial charge is 0.354 e. The monoisotopic (exact) mass is 282 g/mol. The third-order valence-corrected chi connectivity index (χ3v) is 5.41. The zero-order valence-corrected chi connectivity index (χ0v) is 12.1. The molecule has 4 nitrogen and oxygen atoms in total. The minimum atomic E-state index is 0.621. The van der Waals surface area contributed by atoms with E-state index in [0.29, 0.717) is 12.6 Å². The molecule has 2 aromatic rings. The van der Waals surface area contributed by atoms with E-state index in [9.17, 15) is 0 Å². The third-order valence-electron chi connectivity index (χ3n) is 3.51. The van der Waals surface area contributed by atoms with Crippen LogP contribution in [0.1, 0.15) is 12.1 Å². The number of nitrogens with two attached hydrogens (primary N) is 1. The van der Waals surface area contributed by atoms with Gasteiger partial charge in [0.1, 0.15) is 0 Å². The summed E-state index contributed by atoms with van der Waals surface area (Å²) >= 11 is 3.72. The van der Waals surface area contributed by atoms with Crippen LogP contribution in [0.4, 0.5) is 5.82 Å². The van der Waals surface area contributed by atoms with Crippen LogP contribution in [0.5, 0.6) is 0 Å². The second-order valence-corrected chi connectivity index (χ2v) is 6.63. The average Bonchev–Trinajstić information content (AvgIpc) is 3.06. The molecule has 1 unspecified atom stereocenters. The van der Waals surface area contributed by atoms with Crippen molar-refractivity contribution in [1.82, 2.24) is 9.38 Å². The highest BCUT2D eigenvalue weighted by atomic mass is 32.2. The number of anilines is 1. The van der Waals surface area contributed by atoms with Gasteiger partial charge < -0.3 is 10.6 Å². The number of nitrogens with zero attached hydrogens (tertiary/aromatic N) is 3. The van der Waals surface area contributed by atoms with Gasteiger partial charge in [-0.05, 0) is 18.7 Å². The summed E-state index contributed by atoms with van der Waals surface area (Å²) in [5.41, 5.74) is 7.00. The van der Waals surface area contributed by atoms with Gasteiger partial charge in [-0.3, -0.25) is 4.40 Å². The molecule has 0 aromatic carbocycles. The molecule has 18 heavy (non-hydrogen) atoms. The average molecular weight is 282 g/mol. The molecule has 0 aliphatic carbocycles. The first-order chi connectivity index (χ1) is 8.81. The molecule has 1 saturated heterocycles. The standard InChI is InChI=1S/C12H18N4S2/c1-15(9-3-6-17-8-9)11-10(2-4-13)16-5-7-18-12(16)14-11/h5,7,9H,2-4,6,8,13H2,1H3. The van der Waals surface area contributed by atoms with Gasteiger partial charge in [0.05, 0.1) is 5.69 Å². The molecule has 98 valence electrons. The number of aromatic nitrogens is 2. The number of thiazole rings is 1. The van der Waals surface area contributed by atoms with E-state index in [-0.39, 0.29) is 0 Å². The molecule has 0 radical (unpaired) electrons. The lowest BCUT2D eigenvalue weighted by Crippen LogP contribution is -2.32. The van der Waals surface area contributed by atoms with Crippen molar-refractivity contribution in [3.63, 3.8) is 0 Å². The quantitative estimate of drug-likeness (QED) is 0.929. The Balaban J connectivity index is 1.98. The molecule has 1 aliphatic heterocycles. The lowest BCUT2D eigenvalue weighted by atomic mass is 10.2. The van der Waals surface area contributed by atoms with Gasteiger partial charge in [-0.2, -0.15) is 11.8 Å². The molecule has 6 heteroatoms. The van der Waals surface area contributed by atoms with Crippen LogP contribution in [-0.4, -0.2) is 40.5 Å². The fourth-order valence-corrected chi connectivity index (χ4v) is 4.47. The van der Waals surface area contributed by atoms with Gasteiger partial charge >= 0.3 is 0 Å².